The van der Waals surface area contributed by atoms with E-state index in [4.69, 9.17) is 9.15 Å². The molecule has 3 rings (SSSR count). The first-order valence-electron chi connectivity index (χ1n) is 6.19. The summed E-state index contributed by atoms with van der Waals surface area (Å²) in [5, 5.41) is 11.3. The van der Waals surface area contributed by atoms with Crippen LogP contribution in [0.1, 0.15) is 10.6 Å². The second-order valence-electron chi connectivity index (χ2n) is 4.43. The number of rotatable bonds is 3. The van der Waals surface area contributed by atoms with Crippen LogP contribution in [0.5, 0.6) is 5.75 Å². The minimum atomic E-state index is -0.666. The molecule has 0 radical (unpaired) electrons. The molecule has 22 heavy (non-hydrogen) atoms. The monoisotopic (exact) mass is 361 g/mol. The highest BCUT2D eigenvalue weighted by Crippen LogP contribution is 2.25. The minimum absolute atomic E-state index is 0.0615. The fraction of sp³-hybridized carbons (Fsp3) is 0. The van der Waals surface area contributed by atoms with Crippen LogP contribution in [-0.2, 0) is 0 Å². The molecule has 2 aromatic carbocycles. The molecule has 1 aromatic heterocycles. The predicted molar refractivity (Wildman–Crippen MR) is 82.0 cm³/mol. The number of fused-ring (bicyclic) bond motifs is 1. The van der Waals surface area contributed by atoms with Crippen LogP contribution in [0.15, 0.2) is 57.4 Å². The predicted octanol–water partition coefficient (Wildman–Crippen LogP) is 4.32. The molecule has 0 bridgehead atoms. The summed E-state index contributed by atoms with van der Waals surface area (Å²) < 4.78 is 11.4. The van der Waals surface area contributed by atoms with Crippen molar-refractivity contribution in [2.24, 2.45) is 0 Å². The van der Waals surface area contributed by atoms with Crippen molar-refractivity contribution >= 4 is 38.6 Å². The molecule has 0 saturated carbocycles. The lowest BCUT2D eigenvalue weighted by Gasteiger charge is -2.01. The van der Waals surface area contributed by atoms with E-state index in [1.54, 1.807) is 18.2 Å². The Balaban J connectivity index is 1.81. The zero-order chi connectivity index (χ0) is 15.7. The Hall–Kier alpha value is -2.67. The van der Waals surface area contributed by atoms with Crippen molar-refractivity contribution < 1.29 is 18.9 Å². The zero-order valence-electron chi connectivity index (χ0n) is 11.0. The van der Waals surface area contributed by atoms with Gasteiger partial charge in [0.25, 0.3) is 5.69 Å². The standard InChI is InChI=1S/C15H8BrNO5/c16-10-1-6-13-9(7-10)8-14(22-13)15(18)21-12-4-2-11(3-5-12)17(19)20/h1-8H. The highest BCUT2D eigenvalue weighted by atomic mass is 79.9. The van der Waals surface area contributed by atoms with Gasteiger partial charge in [0, 0.05) is 22.0 Å². The molecular weight excluding hydrogens is 354 g/mol. The third-order valence-corrected chi connectivity index (χ3v) is 3.43. The smallest absolute Gasteiger partial charge is 0.379 e. The van der Waals surface area contributed by atoms with Crippen LogP contribution in [0.3, 0.4) is 0 Å². The van der Waals surface area contributed by atoms with Crippen molar-refractivity contribution in [3.05, 3.63) is 68.9 Å². The Bertz CT molecular complexity index is 869. The minimum Gasteiger partial charge on any atom is -0.449 e. The van der Waals surface area contributed by atoms with Gasteiger partial charge in [0.05, 0.1) is 4.92 Å². The lowest BCUT2D eigenvalue weighted by molar-refractivity contribution is -0.384. The van der Waals surface area contributed by atoms with Gasteiger partial charge < -0.3 is 9.15 Å². The van der Waals surface area contributed by atoms with Crippen LogP contribution in [0.2, 0.25) is 0 Å². The summed E-state index contributed by atoms with van der Waals surface area (Å²) in [5.41, 5.74) is 0.493. The SMILES string of the molecule is O=C(Oc1ccc([N+](=O)[O-])cc1)c1cc2cc(Br)ccc2o1. The van der Waals surface area contributed by atoms with Gasteiger partial charge in [-0.1, -0.05) is 15.9 Å². The molecule has 110 valence electrons. The van der Waals surface area contributed by atoms with E-state index in [1.165, 1.54) is 24.3 Å². The number of hydrogen-bond acceptors (Lipinski definition) is 5. The fourth-order valence-electron chi connectivity index (χ4n) is 1.91. The number of nitro groups is 1. The molecule has 0 aliphatic rings. The molecule has 0 fully saturated rings. The van der Waals surface area contributed by atoms with E-state index in [-0.39, 0.29) is 17.2 Å². The van der Waals surface area contributed by atoms with Crippen molar-refractivity contribution in [1.29, 1.82) is 0 Å². The Kier molecular flexibility index (Phi) is 3.64. The molecule has 6 nitrogen and oxygen atoms in total. The molecule has 0 saturated heterocycles. The van der Waals surface area contributed by atoms with Gasteiger partial charge in [0.2, 0.25) is 5.76 Å². The van der Waals surface area contributed by atoms with Crippen molar-refractivity contribution in [1.82, 2.24) is 0 Å². The van der Waals surface area contributed by atoms with Gasteiger partial charge in [0.1, 0.15) is 11.3 Å². The number of ether oxygens (including phenoxy) is 1. The first kappa shape index (κ1) is 14.3. The van der Waals surface area contributed by atoms with Crippen LogP contribution >= 0.6 is 15.9 Å². The number of nitrogens with zero attached hydrogens (tertiary/aromatic N) is 1. The number of non-ortho nitro benzene ring substituents is 1. The molecule has 7 heteroatoms. The zero-order valence-corrected chi connectivity index (χ0v) is 12.6. The maximum atomic E-state index is 12.0. The molecule has 0 unspecified atom stereocenters. The lowest BCUT2D eigenvalue weighted by Crippen LogP contribution is -2.07. The van der Waals surface area contributed by atoms with E-state index in [0.717, 1.165) is 9.86 Å². The normalized spacial score (nSPS) is 10.6. The third kappa shape index (κ3) is 2.84. The van der Waals surface area contributed by atoms with Gasteiger partial charge in [-0.25, -0.2) is 4.79 Å². The summed E-state index contributed by atoms with van der Waals surface area (Å²) in [6, 6.07) is 12.2. The van der Waals surface area contributed by atoms with E-state index in [0.29, 0.717) is 5.58 Å². The second kappa shape index (κ2) is 5.61. The van der Waals surface area contributed by atoms with Crippen LogP contribution in [0, 0.1) is 10.1 Å². The van der Waals surface area contributed by atoms with Crippen molar-refractivity contribution in [3.8, 4) is 5.75 Å². The molecule has 0 aliphatic carbocycles. The molecule has 0 N–H and O–H groups in total. The van der Waals surface area contributed by atoms with Crippen LogP contribution in [0.25, 0.3) is 11.0 Å². The van der Waals surface area contributed by atoms with Crippen molar-refractivity contribution in [2.75, 3.05) is 0 Å². The lowest BCUT2D eigenvalue weighted by atomic mass is 10.2. The largest absolute Gasteiger partial charge is 0.449 e. The van der Waals surface area contributed by atoms with Crippen LogP contribution in [-0.4, -0.2) is 10.9 Å². The summed E-state index contributed by atoms with van der Waals surface area (Å²) in [4.78, 5) is 22.1. The van der Waals surface area contributed by atoms with Crippen LogP contribution in [0.4, 0.5) is 5.69 Å². The number of nitro benzene ring substituents is 1. The van der Waals surface area contributed by atoms with Gasteiger partial charge in [-0.15, -0.1) is 0 Å². The van der Waals surface area contributed by atoms with E-state index in [1.807, 2.05) is 6.07 Å². The van der Waals surface area contributed by atoms with Gasteiger partial charge in [-0.05, 0) is 36.4 Å². The van der Waals surface area contributed by atoms with Gasteiger partial charge >= 0.3 is 5.97 Å². The summed E-state index contributed by atoms with van der Waals surface area (Å²) in [6.07, 6.45) is 0. The molecule has 3 aromatic rings. The quantitative estimate of drug-likeness (QED) is 0.300. The number of carbonyl (C=O) groups is 1. The molecule has 0 amide bonds. The van der Waals surface area contributed by atoms with E-state index in [2.05, 4.69) is 15.9 Å². The molecule has 0 spiro atoms. The second-order valence-corrected chi connectivity index (χ2v) is 5.35. The number of carbonyl (C=O) groups excluding carboxylic acids is 1. The number of furan rings is 1. The summed E-state index contributed by atoms with van der Waals surface area (Å²) >= 11 is 3.34. The average Bonchev–Trinajstić information content (AvgIpc) is 2.91. The van der Waals surface area contributed by atoms with Gasteiger partial charge in [-0.2, -0.15) is 0 Å². The van der Waals surface area contributed by atoms with E-state index >= 15 is 0 Å². The molecule has 1 heterocycles. The molecular formula is C15H8BrNO5. The topological polar surface area (TPSA) is 82.6 Å². The highest BCUT2D eigenvalue weighted by Gasteiger charge is 2.15. The maximum absolute atomic E-state index is 12.0. The maximum Gasteiger partial charge on any atom is 0.379 e. The Morgan fingerprint density at radius 3 is 2.55 bits per heavy atom. The average molecular weight is 362 g/mol. The first-order chi connectivity index (χ1) is 10.5. The van der Waals surface area contributed by atoms with Crippen LogP contribution < -0.4 is 4.74 Å². The Morgan fingerprint density at radius 2 is 1.86 bits per heavy atom. The van der Waals surface area contributed by atoms with Crippen molar-refractivity contribution in [2.45, 2.75) is 0 Å². The number of benzene rings is 2. The summed E-state index contributed by atoms with van der Waals surface area (Å²) in [7, 11) is 0. The van der Waals surface area contributed by atoms with Gasteiger partial charge in [0.15, 0.2) is 0 Å². The molecule has 0 atom stereocenters. The molecule has 0 aliphatic heterocycles. The highest BCUT2D eigenvalue weighted by molar-refractivity contribution is 9.10. The number of halogens is 1. The number of esters is 1. The van der Waals surface area contributed by atoms with Crippen molar-refractivity contribution in [3.63, 3.8) is 0 Å². The Labute approximate surface area is 132 Å². The summed E-state index contributed by atoms with van der Waals surface area (Å²) in [5.74, 6) is -0.398. The summed E-state index contributed by atoms with van der Waals surface area (Å²) in [6.45, 7) is 0. The van der Waals surface area contributed by atoms with Gasteiger partial charge in [-0.3, -0.25) is 10.1 Å². The Morgan fingerprint density at radius 1 is 1.14 bits per heavy atom. The van der Waals surface area contributed by atoms with E-state index in [9.17, 15) is 14.9 Å². The van der Waals surface area contributed by atoms with E-state index < -0.39 is 10.9 Å². The first-order valence-corrected chi connectivity index (χ1v) is 6.98. The third-order valence-electron chi connectivity index (χ3n) is 2.94. The fourth-order valence-corrected chi connectivity index (χ4v) is 2.29. The number of hydrogen-bond donors (Lipinski definition) is 0.